The Bertz CT molecular complexity index is 1570. The number of aryl methyl sites for hydroxylation is 1. The predicted octanol–water partition coefficient (Wildman–Crippen LogP) is 4.37. The zero-order valence-corrected chi connectivity index (χ0v) is 26.3. The summed E-state index contributed by atoms with van der Waals surface area (Å²) in [6.07, 6.45) is 7.05. The number of halogens is 1. The van der Waals surface area contributed by atoms with Gasteiger partial charge in [-0.2, -0.15) is 5.26 Å². The Morgan fingerprint density at radius 2 is 2.11 bits per heavy atom. The van der Waals surface area contributed by atoms with E-state index in [1.165, 1.54) is 4.57 Å². The lowest BCUT2D eigenvalue weighted by Gasteiger charge is -2.48. The molecule has 2 aliphatic rings. The van der Waals surface area contributed by atoms with Crippen molar-refractivity contribution < 1.29 is 13.9 Å². The number of amides is 1. The molecule has 0 bridgehead atoms. The van der Waals surface area contributed by atoms with Gasteiger partial charge in [-0.05, 0) is 63.9 Å². The first-order valence-electron chi connectivity index (χ1n) is 15.3. The summed E-state index contributed by atoms with van der Waals surface area (Å²) < 4.78 is 22.5. The molecule has 4 rings (SSSR count). The van der Waals surface area contributed by atoms with Crippen molar-refractivity contribution in [2.75, 3.05) is 31.6 Å². The zero-order chi connectivity index (χ0) is 32.0. The Morgan fingerprint density at radius 1 is 1.36 bits per heavy atom. The molecule has 10 nitrogen and oxygen atoms in total. The number of fused-ring (bicyclic) bond motifs is 1. The summed E-state index contributed by atoms with van der Waals surface area (Å²) in [5.74, 6) is -0.169. The summed E-state index contributed by atoms with van der Waals surface area (Å²) in [7, 11) is 1.63. The van der Waals surface area contributed by atoms with E-state index < -0.39 is 18.2 Å². The molecule has 4 N–H and O–H groups in total. The van der Waals surface area contributed by atoms with Gasteiger partial charge in [-0.15, -0.1) is 0 Å². The third kappa shape index (κ3) is 7.48. The Balaban J connectivity index is 1.58. The number of amidine groups is 1. The number of aliphatic imine (C=N–C) groups is 1. The number of ether oxygens (including phenoxy) is 1. The van der Waals surface area contributed by atoms with Crippen LogP contribution >= 0.6 is 0 Å². The van der Waals surface area contributed by atoms with Crippen LogP contribution in [0.3, 0.4) is 0 Å². The van der Waals surface area contributed by atoms with Crippen molar-refractivity contribution >= 4 is 28.3 Å². The summed E-state index contributed by atoms with van der Waals surface area (Å²) in [6.45, 7) is 9.40. The number of likely N-dealkylation sites (tertiary alicyclic amines) is 1. The number of carbonyl (C=O) groups is 1. The molecule has 0 aliphatic carbocycles. The second-order valence-electron chi connectivity index (χ2n) is 12.1. The molecule has 0 spiro atoms. The van der Waals surface area contributed by atoms with Crippen LogP contribution in [0.15, 0.2) is 57.6 Å². The summed E-state index contributed by atoms with van der Waals surface area (Å²) in [5, 5.41) is 17.6. The number of nitriles is 1. The lowest BCUT2D eigenvalue weighted by Crippen LogP contribution is -2.57. The fraction of sp³-hybridized carbons (Fsp3) is 0.515. The lowest BCUT2D eigenvalue weighted by molar-refractivity contribution is -0.119. The molecule has 2 aromatic rings. The number of allylic oxidation sites excluding steroid dienone is 2. The fourth-order valence-corrected chi connectivity index (χ4v) is 5.75. The number of pyridine rings is 1. The summed E-state index contributed by atoms with van der Waals surface area (Å²) in [4.78, 5) is 30.7. The van der Waals surface area contributed by atoms with Crippen LogP contribution in [0.5, 0.6) is 5.75 Å². The van der Waals surface area contributed by atoms with Crippen molar-refractivity contribution in [3.05, 3.63) is 58.2 Å². The van der Waals surface area contributed by atoms with Gasteiger partial charge in [-0.25, -0.2) is 9.38 Å². The molecular formula is C33H44FN7O3. The van der Waals surface area contributed by atoms with Gasteiger partial charge in [0.05, 0.1) is 16.8 Å². The molecule has 0 saturated carbocycles. The molecule has 3 heterocycles. The first-order chi connectivity index (χ1) is 20.9. The monoisotopic (exact) mass is 605 g/mol. The minimum atomic E-state index is -1.25. The smallest absolute Gasteiger partial charge is 0.293 e. The molecule has 2 fully saturated rings. The lowest BCUT2D eigenvalue weighted by atomic mass is 9.73. The number of hydrogen-bond acceptors (Lipinski definition) is 7. The number of unbranched alkanes of at least 4 members (excludes halogenated alkanes) is 1. The van der Waals surface area contributed by atoms with E-state index in [2.05, 4.69) is 33.5 Å². The number of rotatable bonds is 11. The van der Waals surface area contributed by atoms with Gasteiger partial charge in [-0.3, -0.25) is 9.59 Å². The van der Waals surface area contributed by atoms with Crippen LogP contribution < -0.4 is 26.7 Å². The minimum Gasteiger partial charge on any atom is -0.478 e. The number of alkyl halides is 1. The molecule has 0 radical (unpaired) electrons. The number of primary amides is 1. The number of nitrogens with one attached hydrogen (secondary N) is 2. The van der Waals surface area contributed by atoms with Gasteiger partial charge in [0.2, 0.25) is 0 Å². The van der Waals surface area contributed by atoms with Crippen LogP contribution in [0.1, 0.15) is 53.4 Å². The van der Waals surface area contributed by atoms with E-state index in [4.69, 9.17) is 10.5 Å². The second-order valence-corrected chi connectivity index (χ2v) is 12.1. The predicted molar refractivity (Wildman–Crippen MR) is 172 cm³/mol. The summed E-state index contributed by atoms with van der Waals surface area (Å²) in [5.41, 5.74) is 5.90. The Morgan fingerprint density at radius 3 is 2.75 bits per heavy atom. The average Bonchev–Trinajstić information content (AvgIpc) is 2.96. The van der Waals surface area contributed by atoms with Gasteiger partial charge >= 0.3 is 0 Å². The highest BCUT2D eigenvalue weighted by atomic mass is 19.1. The van der Waals surface area contributed by atoms with Crippen molar-refractivity contribution in [3.8, 4) is 11.8 Å². The number of carbonyl (C=O) groups excluding carboxylic acids is 1. The second kappa shape index (κ2) is 14.1. The highest BCUT2D eigenvalue weighted by molar-refractivity contribution is 5.85. The van der Waals surface area contributed by atoms with Crippen LogP contribution in [0.4, 0.5) is 10.1 Å². The minimum absolute atomic E-state index is 0.0198. The van der Waals surface area contributed by atoms with Crippen LogP contribution in [0, 0.1) is 23.2 Å². The largest absolute Gasteiger partial charge is 0.478 e. The van der Waals surface area contributed by atoms with E-state index >= 15 is 4.39 Å². The highest BCUT2D eigenvalue weighted by Gasteiger charge is 2.46. The maximum absolute atomic E-state index is 15.7. The van der Waals surface area contributed by atoms with Crippen molar-refractivity contribution in [1.82, 2.24) is 14.8 Å². The molecule has 1 amide bonds. The molecule has 2 aliphatic heterocycles. The zero-order valence-electron chi connectivity index (χ0n) is 26.3. The van der Waals surface area contributed by atoms with Crippen LogP contribution in [-0.4, -0.2) is 59.2 Å². The van der Waals surface area contributed by atoms with Gasteiger partial charge < -0.3 is 30.6 Å². The highest BCUT2D eigenvalue weighted by Crippen LogP contribution is 2.39. The van der Waals surface area contributed by atoms with Gasteiger partial charge in [0.25, 0.3) is 11.5 Å². The van der Waals surface area contributed by atoms with Crippen LogP contribution in [0.2, 0.25) is 0 Å². The van der Waals surface area contributed by atoms with Gasteiger partial charge in [-0.1, -0.05) is 26.3 Å². The third-order valence-corrected chi connectivity index (χ3v) is 8.92. The molecule has 1 aromatic heterocycles. The SMILES string of the molecule is CCC/C=C(Nc1ccc2c(c1)cc(OCC(N)=O)c(=O)n2C)/C(C#N)=C\N=C(C)N1CC(C)C(C)(F)C(CC2CCN2)C1. The Kier molecular flexibility index (Phi) is 10.5. The van der Waals surface area contributed by atoms with Gasteiger partial charge in [0.15, 0.2) is 12.4 Å². The number of nitrogens with two attached hydrogens (primary N) is 1. The third-order valence-electron chi connectivity index (χ3n) is 8.92. The number of benzene rings is 1. The molecule has 2 saturated heterocycles. The number of anilines is 1. The number of aromatic nitrogens is 1. The molecule has 11 heteroatoms. The first-order valence-corrected chi connectivity index (χ1v) is 15.3. The van der Waals surface area contributed by atoms with Gasteiger partial charge in [0, 0.05) is 55.3 Å². The number of nitrogens with zero attached hydrogens (tertiary/aromatic N) is 4. The fourth-order valence-electron chi connectivity index (χ4n) is 5.75. The summed E-state index contributed by atoms with van der Waals surface area (Å²) >= 11 is 0. The molecular weight excluding hydrogens is 561 g/mol. The molecule has 44 heavy (non-hydrogen) atoms. The number of piperidine rings is 1. The Labute approximate surface area is 258 Å². The average molecular weight is 606 g/mol. The maximum Gasteiger partial charge on any atom is 0.293 e. The van der Waals surface area contributed by atoms with E-state index in [0.29, 0.717) is 47.0 Å². The van der Waals surface area contributed by atoms with Crippen molar-refractivity contribution in [2.45, 2.75) is 65.1 Å². The molecule has 1 aromatic carbocycles. The van der Waals surface area contributed by atoms with Gasteiger partial charge in [0.1, 0.15) is 17.6 Å². The number of hydrogen-bond donors (Lipinski definition) is 3. The molecule has 236 valence electrons. The molecule has 4 atom stereocenters. The maximum atomic E-state index is 15.7. The van der Waals surface area contributed by atoms with Crippen LogP contribution in [-0.2, 0) is 11.8 Å². The van der Waals surface area contributed by atoms with Crippen LogP contribution in [0.25, 0.3) is 10.9 Å². The standard InChI is InChI=1S/C33H44FN7O3/c1-6-7-8-28(39-27-9-10-29-23(13-27)14-30(32(43)40(29)5)44-20-31(36)42)24(16-35)17-38-22(3)41-18-21(2)33(4,34)25(19-41)15-26-11-12-37-26/h8-10,13-14,17,21,25-26,37,39H,6-7,11-12,15,18-20H2,1-5H3,(H2,36,42)/b24-17-,28-8-,38-22?. The quantitative estimate of drug-likeness (QED) is 0.150. The van der Waals surface area contributed by atoms with Crippen molar-refractivity contribution in [3.63, 3.8) is 0 Å². The molecule has 4 unspecified atom stereocenters. The van der Waals surface area contributed by atoms with E-state index in [1.54, 1.807) is 32.3 Å². The topological polar surface area (TPSA) is 138 Å². The van der Waals surface area contributed by atoms with E-state index in [9.17, 15) is 14.9 Å². The normalized spacial score (nSPS) is 24.5. The Hall–Kier alpha value is -4.17. The van der Waals surface area contributed by atoms with E-state index in [-0.39, 0.29) is 23.1 Å². The van der Waals surface area contributed by atoms with E-state index in [1.807, 2.05) is 32.1 Å². The van der Waals surface area contributed by atoms with Crippen molar-refractivity contribution in [2.24, 2.45) is 29.6 Å². The summed E-state index contributed by atoms with van der Waals surface area (Å²) in [6, 6.07) is 9.70. The first kappa shape index (κ1) is 32.7. The van der Waals surface area contributed by atoms with E-state index in [0.717, 1.165) is 38.1 Å². The van der Waals surface area contributed by atoms with Crippen molar-refractivity contribution in [1.29, 1.82) is 5.26 Å².